The maximum Gasteiger partial charge on any atom is 0.484 e. The van der Waals surface area contributed by atoms with Crippen LogP contribution in [0.4, 0.5) is 0 Å². The highest BCUT2D eigenvalue weighted by Crippen LogP contribution is 2.31. The van der Waals surface area contributed by atoms with Crippen LogP contribution in [0.1, 0.15) is 98.8 Å². The SMILES string of the molecule is CCCCO[SiH](OCCCC)OC(CCC)(CCC)CCC. The number of hydrogen-bond donors (Lipinski definition) is 0. The van der Waals surface area contributed by atoms with Crippen LogP contribution in [0.2, 0.25) is 0 Å². The Balaban J connectivity index is 4.72. The van der Waals surface area contributed by atoms with Crippen molar-refractivity contribution < 1.29 is 13.3 Å². The highest BCUT2D eigenvalue weighted by molar-refractivity contribution is 6.36. The zero-order chi connectivity index (χ0) is 16.7. The fourth-order valence-corrected chi connectivity index (χ4v) is 4.60. The molecule has 0 spiro atoms. The first-order chi connectivity index (χ1) is 10.7. The highest BCUT2D eigenvalue weighted by Gasteiger charge is 2.33. The number of rotatable bonds is 16. The van der Waals surface area contributed by atoms with E-state index < -0.39 is 9.53 Å². The molecular weight excluding hydrogens is 292 g/mol. The van der Waals surface area contributed by atoms with Crippen molar-refractivity contribution in [2.75, 3.05) is 13.2 Å². The molecule has 0 aromatic carbocycles. The molecule has 22 heavy (non-hydrogen) atoms. The minimum Gasteiger partial charge on any atom is -0.376 e. The van der Waals surface area contributed by atoms with E-state index in [1.165, 1.54) is 0 Å². The maximum atomic E-state index is 6.55. The second-order valence-electron chi connectivity index (χ2n) is 6.29. The molecule has 0 bridgehead atoms. The third kappa shape index (κ3) is 9.98. The summed E-state index contributed by atoms with van der Waals surface area (Å²) in [7, 11) is -2.02. The van der Waals surface area contributed by atoms with Crippen molar-refractivity contribution in [3.63, 3.8) is 0 Å². The van der Waals surface area contributed by atoms with E-state index in [0.717, 1.165) is 77.4 Å². The van der Waals surface area contributed by atoms with Gasteiger partial charge in [-0.3, -0.25) is 0 Å². The van der Waals surface area contributed by atoms with E-state index >= 15 is 0 Å². The fraction of sp³-hybridized carbons (Fsp3) is 1.00. The lowest BCUT2D eigenvalue weighted by atomic mass is 9.88. The van der Waals surface area contributed by atoms with E-state index in [-0.39, 0.29) is 5.60 Å². The standard InChI is InChI=1S/C18H40O3Si/c1-6-11-16-19-22(20-17-12-7-2)21-18(13-8-3,14-9-4)15-10-5/h22H,6-17H2,1-5H3. The topological polar surface area (TPSA) is 27.7 Å². The molecule has 134 valence electrons. The fourth-order valence-electron chi connectivity index (χ4n) is 2.89. The zero-order valence-electron chi connectivity index (χ0n) is 15.8. The lowest BCUT2D eigenvalue weighted by Gasteiger charge is -2.36. The Bertz CT molecular complexity index is 209. The minimum atomic E-state index is -2.02. The van der Waals surface area contributed by atoms with Crippen LogP contribution < -0.4 is 0 Å². The normalized spacial score (nSPS) is 12.3. The summed E-state index contributed by atoms with van der Waals surface area (Å²) in [5.41, 5.74) is -0.0203. The monoisotopic (exact) mass is 332 g/mol. The Morgan fingerprint density at radius 3 is 1.36 bits per heavy atom. The van der Waals surface area contributed by atoms with Gasteiger partial charge < -0.3 is 13.3 Å². The van der Waals surface area contributed by atoms with Crippen LogP contribution in [0.3, 0.4) is 0 Å². The van der Waals surface area contributed by atoms with E-state index in [9.17, 15) is 0 Å². The molecular formula is C18H40O3Si. The summed E-state index contributed by atoms with van der Waals surface area (Å²) < 4.78 is 18.6. The summed E-state index contributed by atoms with van der Waals surface area (Å²) in [6.07, 6.45) is 11.3. The second kappa shape index (κ2) is 14.7. The lowest BCUT2D eigenvalue weighted by molar-refractivity contribution is -0.0287. The van der Waals surface area contributed by atoms with Crippen LogP contribution in [0, 0.1) is 0 Å². The molecule has 4 heteroatoms. The smallest absolute Gasteiger partial charge is 0.376 e. The van der Waals surface area contributed by atoms with Gasteiger partial charge in [-0.25, -0.2) is 0 Å². The van der Waals surface area contributed by atoms with Crippen LogP contribution in [-0.2, 0) is 13.3 Å². The van der Waals surface area contributed by atoms with E-state index in [1.54, 1.807) is 0 Å². The largest absolute Gasteiger partial charge is 0.484 e. The first-order valence-corrected chi connectivity index (χ1v) is 11.0. The molecule has 0 unspecified atom stereocenters. The second-order valence-corrected chi connectivity index (χ2v) is 7.77. The first kappa shape index (κ1) is 22.1. The minimum absolute atomic E-state index is 0.0203. The molecule has 0 amide bonds. The predicted octanol–water partition coefficient (Wildman–Crippen LogP) is 5.49. The summed E-state index contributed by atoms with van der Waals surface area (Å²) in [5, 5.41) is 0. The average molecular weight is 333 g/mol. The average Bonchev–Trinajstić information content (AvgIpc) is 2.48. The van der Waals surface area contributed by atoms with Gasteiger partial charge in [-0.1, -0.05) is 66.7 Å². The van der Waals surface area contributed by atoms with Crippen LogP contribution in [0.5, 0.6) is 0 Å². The molecule has 0 atom stereocenters. The quantitative estimate of drug-likeness (QED) is 0.276. The van der Waals surface area contributed by atoms with Crippen LogP contribution in [-0.4, -0.2) is 28.3 Å². The summed E-state index contributed by atoms with van der Waals surface area (Å²) in [6.45, 7) is 12.7. The lowest BCUT2D eigenvalue weighted by Crippen LogP contribution is -2.42. The van der Waals surface area contributed by atoms with Crippen molar-refractivity contribution >= 4 is 9.53 Å². The molecule has 0 saturated heterocycles. The number of unbranched alkanes of at least 4 members (excludes halogenated alkanes) is 2. The summed E-state index contributed by atoms with van der Waals surface area (Å²) in [6, 6.07) is 0. The Morgan fingerprint density at radius 2 is 1.05 bits per heavy atom. The van der Waals surface area contributed by atoms with Crippen molar-refractivity contribution in [2.45, 2.75) is 104 Å². The molecule has 0 radical (unpaired) electrons. The molecule has 0 aliphatic rings. The molecule has 0 N–H and O–H groups in total. The van der Waals surface area contributed by atoms with Gasteiger partial charge in [0.15, 0.2) is 0 Å². The Morgan fingerprint density at radius 1 is 0.636 bits per heavy atom. The summed E-state index contributed by atoms with van der Waals surface area (Å²) in [4.78, 5) is 0. The molecule has 0 saturated carbocycles. The van der Waals surface area contributed by atoms with Gasteiger partial charge >= 0.3 is 9.53 Å². The maximum absolute atomic E-state index is 6.55. The van der Waals surface area contributed by atoms with E-state index in [2.05, 4.69) is 34.6 Å². The first-order valence-electron chi connectivity index (χ1n) is 9.58. The van der Waals surface area contributed by atoms with Crippen molar-refractivity contribution in [1.29, 1.82) is 0 Å². The van der Waals surface area contributed by atoms with Crippen LogP contribution in [0.25, 0.3) is 0 Å². The van der Waals surface area contributed by atoms with Crippen LogP contribution >= 0.6 is 0 Å². The molecule has 3 nitrogen and oxygen atoms in total. The van der Waals surface area contributed by atoms with Gasteiger partial charge in [0.25, 0.3) is 0 Å². The van der Waals surface area contributed by atoms with Gasteiger partial charge in [0.2, 0.25) is 0 Å². The molecule has 0 aromatic heterocycles. The van der Waals surface area contributed by atoms with Crippen molar-refractivity contribution in [1.82, 2.24) is 0 Å². The van der Waals surface area contributed by atoms with Gasteiger partial charge in [-0.05, 0) is 32.1 Å². The summed E-state index contributed by atoms with van der Waals surface area (Å²) >= 11 is 0. The molecule has 0 heterocycles. The van der Waals surface area contributed by atoms with Crippen molar-refractivity contribution in [3.05, 3.63) is 0 Å². The summed E-state index contributed by atoms with van der Waals surface area (Å²) in [5.74, 6) is 0. The van der Waals surface area contributed by atoms with Gasteiger partial charge in [0.05, 0.1) is 5.60 Å². The van der Waals surface area contributed by atoms with Gasteiger partial charge in [-0.2, -0.15) is 0 Å². The number of hydrogen-bond acceptors (Lipinski definition) is 3. The van der Waals surface area contributed by atoms with Crippen molar-refractivity contribution in [3.8, 4) is 0 Å². The van der Waals surface area contributed by atoms with Gasteiger partial charge in [-0.15, -0.1) is 0 Å². The predicted molar refractivity (Wildman–Crippen MR) is 97.4 cm³/mol. The van der Waals surface area contributed by atoms with Crippen molar-refractivity contribution in [2.24, 2.45) is 0 Å². The van der Waals surface area contributed by atoms with E-state index in [4.69, 9.17) is 13.3 Å². The van der Waals surface area contributed by atoms with Gasteiger partial charge in [0, 0.05) is 13.2 Å². The third-order valence-corrected chi connectivity index (χ3v) is 5.67. The Kier molecular flexibility index (Phi) is 14.7. The highest BCUT2D eigenvalue weighted by atomic mass is 28.3. The Hall–Kier alpha value is 0.0969. The molecule has 0 aliphatic carbocycles. The van der Waals surface area contributed by atoms with Crippen LogP contribution in [0.15, 0.2) is 0 Å². The molecule has 0 rings (SSSR count). The Labute approximate surface area is 141 Å². The molecule has 0 aliphatic heterocycles. The third-order valence-electron chi connectivity index (χ3n) is 3.97. The van der Waals surface area contributed by atoms with E-state index in [1.807, 2.05) is 0 Å². The van der Waals surface area contributed by atoms with E-state index in [0.29, 0.717) is 0 Å². The zero-order valence-corrected chi connectivity index (χ0v) is 16.9. The van der Waals surface area contributed by atoms with Gasteiger partial charge in [0.1, 0.15) is 0 Å². The molecule has 0 fully saturated rings. The molecule has 0 aromatic rings.